The summed E-state index contributed by atoms with van der Waals surface area (Å²) < 4.78 is 44.3. The van der Waals surface area contributed by atoms with Crippen LogP contribution in [0.15, 0.2) is 72.8 Å². The van der Waals surface area contributed by atoms with Crippen LogP contribution in [-0.4, -0.2) is 5.91 Å². The molecule has 0 radical (unpaired) electrons. The molecule has 0 aliphatic carbocycles. The molecule has 3 aromatic rings. The van der Waals surface area contributed by atoms with E-state index in [0.29, 0.717) is 23.5 Å². The highest BCUT2D eigenvalue weighted by molar-refractivity contribution is 6.34. The number of carbonyl (C=O) groups is 1. The van der Waals surface area contributed by atoms with Crippen molar-refractivity contribution in [2.75, 3.05) is 5.32 Å². The number of benzene rings is 3. The molecule has 1 aliphatic rings. The summed E-state index contributed by atoms with van der Waals surface area (Å²) in [5.41, 5.74) is 1.95. The Labute approximate surface area is 165 Å². The zero-order chi connectivity index (χ0) is 20.4. The van der Waals surface area contributed by atoms with Crippen LogP contribution in [0.2, 0.25) is 0 Å². The van der Waals surface area contributed by atoms with Crippen molar-refractivity contribution in [2.45, 2.75) is 12.8 Å². The van der Waals surface area contributed by atoms with Crippen LogP contribution in [0.3, 0.4) is 0 Å². The van der Waals surface area contributed by atoms with Gasteiger partial charge in [-0.1, -0.05) is 48.5 Å². The van der Waals surface area contributed by atoms with Crippen LogP contribution >= 0.6 is 0 Å². The third-order valence-electron chi connectivity index (χ3n) is 4.57. The molecule has 0 bridgehead atoms. The van der Waals surface area contributed by atoms with E-state index in [9.17, 15) is 18.0 Å². The lowest BCUT2D eigenvalue weighted by molar-refractivity contribution is -0.137. The van der Waals surface area contributed by atoms with Crippen LogP contribution in [-0.2, 0) is 17.6 Å². The normalized spacial score (nSPS) is 14.6. The summed E-state index contributed by atoms with van der Waals surface area (Å²) in [5.74, 6) is 0.255. The van der Waals surface area contributed by atoms with Gasteiger partial charge in [0.1, 0.15) is 12.4 Å². The van der Waals surface area contributed by atoms with Crippen LogP contribution in [0, 0.1) is 0 Å². The lowest BCUT2D eigenvalue weighted by Crippen LogP contribution is -2.06. The predicted molar refractivity (Wildman–Crippen MR) is 105 cm³/mol. The third kappa shape index (κ3) is 4.16. The van der Waals surface area contributed by atoms with Gasteiger partial charge in [0.15, 0.2) is 0 Å². The zero-order valence-electron chi connectivity index (χ0n) is 15.2. The fourth-order valence-corrected chi connectivity index (χ4v) is 3.08. The zero-order valence-corrected chi connectivity index (χ0v) is 15.2. The van der Waals surface area contributed by atoms with Crippen LogP contribution in [0.5, 0.6) is 5.75 Å². The fraction of sp³-hybridized carbons (Fsp3) is 0.0870. The number of fused-ring (bicyclic) bond motifs is 1. The van der Waals surface area contributed by atoms with E-state index in [1.54, 1.807) is 30.3 Å². The van der Waals surface area contributed by atoms with Crippen molar-refractivity contribution in [1.82, 2.24) is 0 Å². The van der Waals surface area contributed by atoms with E-state index < -0.39 is 17.6 Å². The van der Waals surface area contributed by atoms with Gasteiger partial charge in [0.2, 0.25) is 0 Å². The summed E-state index contributed by atoms with van der Waals surface area (Å²) in [6.45, 7) is 0.443. The summed E-state index contributed by atoms with van der Waals surface area (Å²) >= 11 is 0. The van der Waals surface area contributed by atoms with Crippen molar-refractivity contribution in [2.24, 2.45) is 0 Å². The molecule has 1 heterocycles. The van der Waals surface area contributed by atoms with Crippen molar-refractivity contribution < 1.29 is 22.7 Å². The number of ether oxygens (including phenoxy) is 1. The molecule has 29 heavy (non-hydrogen) atoms. The van der Waals surface area contributed by atoms with Gasteiger partial charge in [-0.3, -0.25) is 4.79 Å². The van der Waals surface area contributed by atoms with E-state index >= 15 is 0 Å². The van der Waals surface area contributed by atoms with Gasteiger partial charge in [-0.15, -0.1) is 0 Å². The van der Waals surface area contributed by atoms with Crippen molar-refractivity contribution in [3.63, 3.8) is 0 Å². The lowest BCUT2D eigenvalue weighted by Gasteiger charge is -2.08. The van der Waals surface area contributed by atoms with E-state index in [-0.39, 0.29) is 5.69 Å². The average Bonchev–Trinajstić information content (AvgIpc) is 3.02. The molecule has 3 aromatic carbocycles. The minimum Gasteiger partial charge on any atom is -0.489 e. The Morgan fingerprint density at radius 1 is 0.931 bits per heavy atom. The second kappa shape index (κ2) is 7.47. The molecule has 0 aromatic heterocycles. The number of amides is 1. The average molecular weight is 395 g/mol. The molecular formula is C23H16F3NO2. The van der Waals surface area contributed by atoms with Crippen LogP contribution in [0.25, 0.3) is 11.6 Å². The Bertz CT molecular complexity index is 1070. The van der Waals surface area contributed by atoms with Gasteiger partial charge in [0.05, 0.1) is 5.56 Å². The molecule has 1 N–H and O–H groups in total. The molecule has 1 amide bonds. The van der Waals surface area contributed by atoms with Gasteiger partial charge in [0.25, 0.3) is 5.91 Å². The lowest BCUT2D eigenvalue weighted by atomic mass is 10.0. The number of nitrogens with one attached hydrogen (secondary N) is 1. The first-order valence-electron chi connectivity index (χ1n) is 8.91. The molecule has 0 unspecified atom stereocenters. The smallest absolute Gasteiger partial charge is 0.416 e. The fourth-order valence-electron chi connectivity index (χ4n) is 3.08. The first-order chi connectivity index (χ1) is 13.9. The van der Waals surface area contributed by atoms with Crippen LogP contribution in [0.4, 0.5) is 18.9 Å². The van der Waals surface area contributed by atoms with Crippen molar-refractivity contribution in [1.29, 1.82) is 0 Å². The number of anilines is 1. The Balaban J connectivity index is 1.52. The summed E-state index contributed by atoms with van der Waals surface area (Å²) in [6.07, 6.45) is -2.81. The highest BCUT2D eigenvalue weighted by Gasteiger charge is 2.33. The number of alkyl halides is 3. The molecule has 4 rings (SSSR count). The van der Waals surface area contributed by atoms with E-state index in [4.69, 9.17) is 4.74 Å². The largest absolute Gasteiger partial charge is 0.489 e. The van der Waals surface area contributed by atoms with Crippen LogP contribution < -0.4 is 10.1 Å². The molecular weight excluding hydrogens is 379 g/mol. The van der Waals surface area contributed by atoms with Gasteiger partial charge < -0.3 is 10.1 Å². The molecule has 0 atom stereocenters. The number of hydrogen-bond acceptors (Lipinski definition) is 2. The monoisotopic (exact) mass is 395 g/mol. The second-order valence-corrected chi connectivity index (χ2v) is 6.61. The number of hydrogen-bond donors (Lipinski definition) is 1. The molecule has 0 saturated heterocycles. The Kier molecular flexibility index (Phi) is 4.84. The Morgan fingerprint density at radius 3 is 2.34 bits per heavy atom. The summed E-state index contributed by atoms with van der Waals surface area (Å²) in [6, 6.07) is 20.2. The Hall–Kier alpha value is -3.54. The maximum absolute atomic E-state index is 12.9. The van der Waals surface area contributed by atoms with Crippen molar-refractivity contribution >= 4 is 23.2 Å². The van der Waals surface area contributed by atoms with Crippen molar-refractivity contribution in [3.8, 4) is 5.75 Å². The highest BCUT2D eigenvalue weighted by atomic mass is 19.4. The first kappa shape index (κ1) is 18.8. The van der Waals surface area contributed by atoms with Gasteiger partial charge in [-0.05, 0) is 41.5 Å². The SMILES string of the molecule is O=C1Nc2cc(C(F)(F)F)ccc2/C1=C/c1ccc(OCc2ccccc2)cc1. The maximum atomic E-state index is 12.9. The van der Waals surface area contributed by atoms with E-state index in [1.165, 1.54) is 6.07 Å². The molecule has 0 spiro atoms. The third-order valence-corrected chi connectivity index (χ3v) is 4.57. The standard InChI is InChI=1S/C23H16F3NO2/c24-23(25,26)17-8-11-19-20(22(28)27-21(19)13-17)12-15-6-9-18(10-7-15)29-14-16-4-2-1-3-5-16/h1-13H,14H2,(H,27,28)/b20-12-. The van der Waals surface area contributed by atoms with E-state index in [0.717, 1.165) is 23.3 Å². The highest BCUT2D eigenvalue weighted by Crippen LogP contribution is 2.38. The summed E-state index contributed by atoms with van der Waals surface area (Å²) in [7, 11) is 0. The Morgan fingerprint density at radius 2 is 1.66 bits per heavy atom. The summed E-state index contributed by atoms with van der Waals surface area (Å²) in [5, 5.41) is 2.50. The predicted octanol–water partition coefficient (Wildman–Crippen LogP) is 5.78. The molecule has 0 fully saturated rings. The molecule has 3 nitrogen and oxygen atoms in total. The van der Waals surface area contributed by atoms with Gasteiger partial charge >= 0.3 is 6.18 Å². The minimum atomic E-state index is -4.46. The number of halogens is 3. The minimum absolute atomic E-state index is 0.166. The van der Waals surface area contributed by atoms with Gasteiger partial charge in [0, 0.05) is 16.8 Å². The number of rotatable bonds is 4. The second-order valence-electron chi connectivity index (χ2n) is 6.61. The van der Waals surface area contributed by atoms with E-state index in [2.05, 4.69) is 5.32 Å². The molecule has 1 aliphatic heterocycles. The maximum Gasteiger partial charge on any atom is 0.416 e. The van der Waals surface area contributed by atoms with Gasteiger partial charge in [-0.25, -0.2) is 0 Å². The molecule has 0 saturated carbocycles. The van der Waals surface area contributed by atoms with Gasteiger partial charge in [-0.2, -0.15) is 13.2 Å². The van der Waals surface area contributed by atoms with E-state index in [1.807, 2.05) is 30.3 Å². The van der Waals surface area contributed by atoms with Crippen LogP contribution in [0.1, 0.15) is 22.3 Å². The quantitative estimate of drug-likeness (QED) is 0.569. The summed E-state index contributed by atoms with van der Waals surface area (Å²) in [4.78, 5) is 12.2. The molecule has 6 heteroatoms. The first-order valence-corrected chi connectivity index (χ1v) is 8.91. The molecule has 146 valence electrons. The topological polar surface area (TPSA) is 38.3 Å². The van der Waals surface area contributed by atoms with Crippen molar-refractivity contribution in [3.05, 3.63) is 95.1 Å². The number of carbonyl (C=O) groups excluding carboxylic acids is 1.